The second kappa shape index (κ2) is 7.16. The molecule has 27 heavy (non-hydrogen) atoms. The molecule has 1 aliphatic carbocycles. The summed E-state index contributed by atoms with van der Waals surface area (Å²) in [5, 5.41) is 16.6. The lowest BCUT2D eigenvalue weighted by atomic mass is 10.3. The lowest BCUT2D eigenvalue weighted by Gasteiger charge is -2.06. The monoisotopic (exact) mass is 384 g/mol. The molecule has 0 saturated heterocycles. The lowest BCUT2D eigenvalue weighted by Crippen LogP contribution is -2.30. The second-order valence-electron chi connectivity index (χ2n) is 6.09. The molecule has 0 aromatic carbocycles. The average Bonchev–Trinajstić information content (AvgIpc) is 3.32. The Morgan fingerprint density at radius 1 is 1.19 bits per heavy atom. The molecule has 0 unspecified atom stereocenters. The van der Waals surface area contributed by atoms with E-state index in [1.165, 1.54) is 11.3 Å². The minimum absolute atomic E-state index is 0.240. The molecule has 1 saturated carbocycles. The van der Waals surface area contributed by atoms with Crippen molar-refractivity contribution in [1.29, 1.82) is 0 Å². The molecule has 10 heteroatoms. The SMILES string of the molecule is O=C(O)NCc1ccc(-c2cnc3ccc(NC(=O)NC4CC4)nc3n2)s1. The lowest BCUT2D eigenvalue weighted by molar-refractivity contribution is 0.194. The van der Waals surface area contributed by atoms with Gasteiger partial charge in [-0.3, -0.25) is 10.3 Å². The van der Waals surface area contributed by atoms with Crippen molar-refractivity contribution >= 4 is 40.4 Å². The van der Waals surface area contributed by atoms with E-state index in [0.717, 1.165) is 22.6 Å². The van der Waals surface area contributed by atoms with Crippen molar-refractivity contribution in [3.63, 3.8) is 0 Å². The Kier molecular flexibility index (Phi) is 4.55. The van der Waals surface area contributed by atoms with Crippen molar-refractivity contribution in [3.8, 4) is 10.6 Å². The summed E-state index contributed by atoms with van der Waals surface area (Å²) < 4.78 is 0. The van der Waals surface area contributed by atoms with Gasteiger partial charge in [-0.1, -0.05) is 0 Å². The fourth-order valence-electron chi connectivity index (χ4n) is 2.42. The quantitative estimate of drug-likeness (QED) is 0.535. The van der Waals surface area contributed by atoms with Crippen LogP contribution in [0, 0.1) is 0 Å². The molecule has 0 bridgehead atoms. The van der Waals surface area contributed by atoms with Crippen LogP contribution in [-0.2, 0) is 6.54 Å². The van der Waals surface area contributed by atoms with Crippen LogP contribution in [0.4, 0.5) is 15.4 Å². The number of carbonyl (C=O) groups excluding carboxylic acids is 1. The van der Waals surface area contributed by atoms with Crippen LogP contribution in [0.15, 0.2) is 30.5 Å². The molecule has 0 aliphatic heterocycles. The van der Waals surface area contributed by atoms with E-state index >= 15 is 0 Å². The van der Waals surface area contributed by atoms with E-state index < -0.39 is 6.09 Å². The number of thiophene rings is 1. The van der Waals surface area contributed by atoms with Crippen LogP contribution in [0.2, 0.25) is 0 Å². The molecule has 3 amide bonds. The van der Waals surface area contributed by atoms with Gasteiger partial charge in [0.15, 0.2) is 5.65 Å². The number of hydrogen-bond donors (Lipinski definition) is 4. The number of anilines is 1. The van der Waals surface area contributed by atoms with Crippen LogP contribution in [0.1, 0.15) is 17.7 Å². The zero-order valence-electron chi connectivity index (χ0n) is 14.1. The smallest absolute Gasteiger partial charge is 0.404 e. The van der Waals surface area contributed by atoms with E-state index in [1.54, 1.807) is 18.3 Å². The zero-order valence-corrected chi connectivity index (χ0v) is 14.9. The Bertz CT molecular complexity index is 1020. The minimum atomic E-state index is -1.06. The molecule has 3 heterocycles. The normalized spacial score (nSPS) is 13.3. The Hall–Kier alpha value is -3.27. The van der Waals surface area contributed by atoms with Gasteiger partial charge in [-0.2, -0.15) is 0 Å². The Labute approximate surface area is 157 Å². The largest absolute Gasteiger partial charge is 0.465 e. The van der Waals surface area contributed by atoms with E-state index in [0.29, 0.717) is 22.7 Å². The molecular formula is C17H16N6O3S. The molecule has 3 aromatic heterocycles. The highest BCUT2D eigenvalue weighted by atomic mass is 32.1. The predicted molar refractivity (Wildman–Crippen MR) is 101 cm³/mol. The van der Waals surface area contributed by atoms with E-state index in [1.807, 2.05) is 12.1 Å². The fraction of sp³-hybridized carbons (Fsp3) is 0.235. The third-order valence-electron chi connectivity index (χ3n) is 3.89. The maximum atomic E-state index is 11.9. The number of carboxylic acid groups (broad SMARTS) is 1. The van der Waals surface area contributed by atoms with E-state index in [2.05, 4.69) is 30.9 Å². The van der Waals surface area contributed by atoms with Crippen LogP contribution in [0.5, 0.6) is 0 Å². The highest BCUT2D eigenvalue weighted by Gasteiger charge is 2.23. The molecular weight excluding hydrogens is 368 g/mol. The van der Waals surface area contributed by atoms with Gasteiger partial charge in [0, 0.05) is 10.9 Å². The van der Waals surface area contributed by atoms with Crippen molar-refractivity contribution in [2.24, 2.45) is 0 Å². The summed E-state index contributed by atoms with van der Waals surface area (Å²) in [5.41, 5.74) is 1.69. The molecule has 9 nitrogen and oxygen atoms in total. The zero-order chi connectivity index (χ0) is 18.8. The summed E-state index contributed by atoms with van der Waals surface area (Å²) in [6, 6.07) is 7.13. The maximum Gasteiger partial charge on any atom is 0.404 e. The topological polar surface area (TPSA) is 129 Å². The number of aromatic nitrogens is 3. The van der Waals surface area contributed by atoms with E-state index in [9.17, 15) is 9.59 Å². The summed E-state index contributed by atoms with van der Waals surface area (Å²) in [6.07, 6.45) is 2.61. The summed E-state index contributed by atoms with van der Waals surface area (Å²) in [7, 11) is 0. The van der Waals surface area contributed by atoms with Gasteiger partial charge in [0.05, 0.1) is 17.6 Å². The molecule has 4 N–H and O–H groups in total. The number of carbonyl (C=O) groups is 2. The first kappa shape index (κ1) is 17.2. The van der Waals surface area contributed by atoms with Gasteiger partial charge in [0.1, 0.15) is 17.0 Å². The molecule has 3 aromatic rings. The Morgan fingerprint density at radius 2 is 2.04 bits per heavy atom. The van der Waals surface area contributed by atoms with Gasteiger partial charge in [-0.25, -0.2) is 19.6 Å². The number of amides is 3. The van der Waals surface area contributed by atoms with E-state index in [-0.39, 0.29) is 18.6 Å². The standard InChI is InChI=1S/C17H16N6O3S/c24-16(20-9-1-2-9)23-14-6-4-11-15(22-14)21-12(8-18-11)13-5-3-10(27-13)7-19-17(25)26/h3-6,8-9,19H,1-2,7H2,(H,25,26)(H2,20,21,22,23,24). The molecule has 4 rings (SSSR count). The van der Waals surface area contributed by atoms with Gasteiger partial charge in [0.25, 0.3) is 0 Å². The van der Waals surface area contributed by atoms with Crippen LogP contribution in [0.25, 0.3) is 21.7 Å². The first-order valence-corrected chi connectivity index (χ1v) is 9.16. The fourth-order valence-corrected chi connectivity index (χ4v) is 3.33. The number of nitrogens with zero attached hydrogens (tertiary/aromatic N) is 3. The molecule has 0 radical (unpaired) electrons. The molecule has 1 fully saturated rings. The highest BCUT2D eigenvalue weighted by Crippen LogP contribution is 2.27. The number of fused-ring (bicyclic) bond motifs is 1. The van der Waals surface area contributed by atoms with Gasteiger partial charge in [-0.15, -0.1) is 11.3 Å². The van der Waals surface area contributed by atoms with Crippen LogP contribution in [0.3, 0.4) is 0 Å². The third kappa shape index (κ3) is 4.29. The summed E-state index contributed by atoms with van der Waals surface area (Å²) in [6.45, 7) is 0.240. The van der Waals surface area contributed by atoms with Crippen molar-refractivity contribution in [2.75, 3.05) is 5.32 Å². The van der Waals surface area contributed by atoms with Crippen LogP contribution >= 0.6 is 11.3 Å². The Balaban J connectivity index is 1.53. The number of nitrogens with one attached hydrogen (secondary N) is 3. The van der Waals surface area contributed by atoms with Crippen LogP contribution in [-0.4, -0.2) is 38.2 Å². The average molecular weight is 384 g/mol. The Morgan fingerprint density at radius 3 is 2.81 bits per heavy atom. The number of pyridine rings is 1. The number of hydrogen-bond acceptors (Lipinski definition) is 6. The highest BCUT2D eigenvalue weighted by molar-refractivity contribution is 7.15. The summed E-state index contributed by atoms with van der Waals surface area (Å²) in [4.78, 5) is 37.4. The van der Waals surface area contributed by atoms with Crippen LogP contribution < -0.4 is 16.0 Å². The van der Waals surface area contributed by atoms with Crippen molar-refractivity contribution in [2.45, 2.75) is 25.4 Å². The van der Waals surface area contributed by atoms with Crippen molar-refractivity contribution in [1.82, 2.24) is 25.6 Å². The van der Waals surface area contributed by atoms with Crippen molar-refractivity contribution in [3.05, 3.63) is 35.3 Å². The second-order valence-corrected chi connectivity index (χ2v) is 7.26. The first-order valence-electron chi connectivity index (χ1n) is 8.34. The maximum absolute atomic E-state index is 11.9. The number of urea groups is 1. The molecule has 0 atom stereocenters. The number of rotatable bonds is 5. The van der Waals surface area contributed by atoms with Gasteiger partial charge in [-0.05, 0) is 37.1 Å². The molecule has 0 spiro atoms. The summed E-state index contributed by atoms with van der Waals surface area (Å²) >= 11 is 1.43. The predicted octanol–water partition coefficient (Wildman–Crippen LogP) is 2.80. The van der Waals surface area contributed by atoms with Crippen molar-refractivity contribution < 1.29 is 14.7 Å². The third-order valence-corrected chi connectivity index (χ3v) is 5.00. The van der Waals surface area contributed by atoms with Gasteiger partial charge >= 0.3 is 12.1 Å². The first-order chi connectivity index (χ1) is 13.1. The molecule has 138 valence electrons. The minimum Gasteiger partial charge on any atom is -0.465 e. The van der Waals surface area contributed by atoms with E-state index in [4.69, 9.17) is 5.11 Å². The van der Waals surface area contributed by atoms with Gasteiger partial charge < -0.3 is 15.7 Å². The summed E-state index contributed by atoms with van der Waals surface area (Å²) in [5.74, 6) is 0.407. The van der Waals surface area contributed by atoms with Gasteiger partial charge in [0.2, 0.25) is 0 Å². The molecule has 1 aliphatic rings.